The van der Waals surface area contributed by atoms with Crippen LogP contribution >= 0.6 is 0 Å². The molecule has 114 valence electrons. The first-order valence-electron chi connectivity index (χ1n) is 7.90. The molecule has 1 aromatic heterocycles. The highest BCUT2D eigenvalue weighted by Crippen LogP contribution is 2.14. The van der Waals surface area contributed by atoms with E-state index < -0.39 is 0 Å². The van der Waals surface area contributed by atoms with Gasteiger partial charge in [-0.05, 0) is 18.9 Å². The zero-order valence-corrected chi connectivity index (χ0v) is 12.4. The molecule has 6 nitrogen and oxygen atoms in total. The lowest BCUT2D eigenvalue weighted by Gasteiger charge is -2.37. The second-order valence-electron chi connectivity index (χ2n) is 5.71. The van der Waals surface area contributed by atoms with Crippen LogP contribution in [0.2, 0.25) is 0 Å². The molecule has 2 fully saturated rings. The first-order chi connectivity index (χ1) is 10.3. The summed E-state index contributed by atoms with van der Waals surface area (Å²) >= 11 is 0. The Labute approximate surface area is 125 Å². The van der Waals surface area contributed by atoms with Gasteiger partial charge in [0.2, 0.25) is 5.95 Å². The predicted octanol–water partition coefficient (Wildman–Crippen LogP) is 1.59. The fraction of sp³-hybridized carbons (Fsp3) is 0.667. The van der Waals surface area contributed by atoms with Gasteiger partial charge < -0.3 is 14.7 Å². The summed E-state index contributed by atoms with van der Waals surface area (Å²) in [5, 5.41) is 0. The molecule has 0 radical (unpaired) electrons. The Morgan fingerprint density at radius 2 is 1.38 bits per heavy atom. The fourth-order valence-corrected chi connectivity index (χ4v) is 3.01. The van der Waals surface area contributed by atoms with E-state index in [9.17, 15) is 4.79 Å². The number of rotatable bonds is 1. The Kier molecular flexibility index (Phi) is 4.52. The SMILES string of the molecule is O=C(N1CCCCCC1)N1CCN(c2ncccn2)CC1. The summed E-state index contributed by atoms with van der Waals surface area (Å²) in [7, 11) is 0. The van der Waals surface area contributed by atoms with Crippen molar-refractivity contribution in [3.63, 3.8) is 0 Å². The lowest BCUT2D eigenvalue weighted by molar-refractivity contribution is 0.151. The first kappa shape index (κ1) is 14.1. The van der Waals surface area contributed by atoms with Crippen LogP contribution in [0.3, 0.4) is 0 Å². The molecule has 0 aliphatic carbocycles. The molecule has 2 amide bonds. The lowest BCUT2D eigenvalue weighted by Crippen LogP contribution is -2.53. The van der Waals surface area contributed by atoms with E-state index in [1.807, 2.05) is 15.9 Å². The molecule has 2 saturated heterocycles. The minimum Gasteiger partial charge on any atom is -0.337 e. The lowest BCUT2D eigenvalue weighted by atomic mass is 10.2. The van der Waals surface area contributed by atoms with Gasteiger partial charge >= 0.3 is 6.03 Å². The van der Waals surface area contributed by atoms with Crippen molar-refractivity contribution >= 4 is 12.0 Å². The van der Waals surface area contributed by atoms with E-state index in [1.54, 1.807) is 12.4 Å². The Morgan fingerprint density at radius 3 is 2.00 bits per heavy atom. The van der Waals surface area contributed by atoms with Crippen LogP contribution in [0.15, 0.2) is 18.5 Å². The molecular weight excluding hydrogens is 266 g/mol. The van der Waals surface area contributed by atoms with Crippen molar-refractivity contribution in [2.75, 3.05) is 44.2 Å². The van der Waals surface area contributed by atoms with Gasteiger partial charge in [0.1, 0.15) is 0 Å². The molecule has 6 heteroatoms. The molecular formula is C15H23N5O. The van der Waals surface area contributed by atoms with E-state index >= 15 is 0 Å². The summed E-state index contributed by atoms with van der Waals surface area (Å²) in [6.07, 6.45) is 8.31. The van der Waals surface area contributed by atoms with Crippen molar-refractivity contribution in [2.45, 2.75) is 25.7 Å². The molecule has 2 aliphatic heterocycles. The molecule has 0 aromatic carbocycles. The van der Waals surface area contributed by atoms with Crippen LogP contribution in [0.5, 0.6) is 0 Å². The highest BCUT2D eigenvalue weighted by Gasteiger charge is 2.26. The van der Waals surface area contributed by atoms with Crippen LogP contribution in [0.4, 0.5) is 10.7 Å². The van der Waals surface area contributed by atoms with Gasteiger partial charge in [-0.25, -0.2) is 14.8 Å². The average molecular weight is 289 g/mol. The first-order valence-corrected chi connectivity index (χ1v) is 7.90. The molecule has 0 bridgehead atoms. The summed E-state index contributed by atoms with van der Waals surface area (Å²) < 4.78 is 0. The number of urea groups is 1. The number of hydrogen-bond donors (Lipinski definition) is 0. The van der Waals surface area contributed by atoms with Crippen LogP contribution in [0.1, 0.15) is 25.7 Å². The Morgan fingerprint density at radius 1 is 0.810 bits per heavy atom. The van der Waals surface area contributed by atoms with Gasteiger partial charge in [-0.3, -0.25) is 0 Å². The third kappa shape index (κ3) is 3.43. The number of carbonyl (C=O) groups is 1. The highest BCUT2D eigenvalue weighted by atomic mass is 16.2. The number of nitrogens with zero attached hydrogens (tertiary/aromatic N) is 5. The van der Waals surface area contributed by atoms with Crippen LogP contribution in [0.25, 0.3) is 0 Å². The maximum atomic E-state index is 12.6. The molecule has 0 saturated carbocycles. The normalized spacial score (nSPS) is 20.3. The zero-order chi connectivity index (χ0) is 14.5. The number of piperazine rings is 1. The quantitative estimate of drug-likeness (QED) is 0.788. The third-order valence-electron chi connectivity index (χ3n) is 4.26. The Balaban J connectivity index is 1.54. The molecule has 21 heavy (non-hydrogen) atoms. The average Bonchev–Trinajstić information content (AvgIpc) is 2.84. The van der Waals surface area contributed by atoms with Crippen LogP contribution in [-0.2, 0) is 0 Å². The van der Waals surface area contributed by atoms with Crippen molar-refractivity contribution < 1.29 is 4.79 Å². The van der Waals surface area contributed by atoms with E-state index in [0.717, 1.165) is 58.1 Å². The molecule has 2 aliphatic rings. The minimum atomic E-state index is 0.213. The minimum absolute atomic E-state index is 0.213. The summed E-state index contributed by atoms with van der Waals surface area (Å²) in [5.41, 5.74) is 0. The summed E-state index contributed by atoms with van der Waals surface area (Å²) in [5.74, 6) is 0.763. The zero-order valence-electron chi connectivity index (χ0n) is 12.4. The van der Waals surface area contributed by atoms with Gasteiger partial charge in [0.05, 0.1) is 0 Å². The molecule has 0 spiro atoms. The monoisotopic (exact) mass is 289 g/mol. The fourth-order valence-electron chi connectivity index (χ4n) is 3.01. The van der Waals surface area contributed by atoms with E-state index in [2.05, 4.69) is 14.9 Å². The number of anilines is 1. The van der Waals surface area contributed by atoms with Crippen LogP contribution in [0, 0.1) is 0 Å². The smallest absolute Gasteiger partial charge is 0.320 e. The van der Waals surface area contributed by atoms with Gasteiger partial charge in [-0.1, -0.05) is 12.8 Å². The molecule has 3 heterocycles. The number of carbonyl (C=O) groups excluding carboxylic acids is 1. The molecule has 0 unspecified atom stereocenters. The summed E-state index contributed by atoms with van der Waals surface area (Å²) in [6, 6.07) is 2.04. The van der Waals surface area contributed by atoms with Crippen LogP contribution in [-0.4, -0.2) is 65.1 Å². The second kappa shape index (κ2) is 6.74. The summed E-state index contributed by atoms with van der Waals surface area (Å²) in [6.45, 7) is 4.97. The van der Waals surface area contributed by atoms with Gasteiger partial charge in [0, 0.05) is 51.7 Å². The molecule has 3 rings (SSSR count). The highest BCUT2D eigenvalue weighted by molar-refractivity contribution is 5.74. The van der Waals surface area contributed by atoms with Crippen molar-refractivity contribution in [3.05, 3.63) is 18.5 Å². The molecule has 0 N–H and O–H groups in total. The van der Waals surface area contributed by atoms with Crippen LogP contribution < -0.4 is 4.90 Å². The van der Waals surface area contributed by atoms with Crippen molar-refractivity contribution in [2.24, 2.45) is 0 Å². The largest absolute Gasteiger partial charge is 0.337 e. The standard InChI is InChI=1S/C15H23N5O/c21-15(19-8-3-1-2-4-9-19)20-12-10-18(11-13-20)14-16-6-5-7-17-14/h5-7H,1-4,8-13H2. The second-order valence-corrected chi connectivity index (χ2v) is 5.71. The van der Waals surface area contributed by atoms with Crippen molar-refractivity contribution in [1.82, 2.24) is 19.8 Å². The number of likely N-dealkylation sites (tertiary alicyclic amines) is 1. The van der Waals surface area contributed by atoms with E-state index in [1.165, 1.54) is 12.8 Å². The number of aromatic nitrogens is 2. The Bertz CT molecular complexity index is 450. The van der Waals surface area contributed by atoms with Gasteiger partial charge in [0.15, 0.2) is 0 Å². The van der Waals surface area contributed by atoms with Gasteiger partial charge in [-0.15, -0.1) is 0 Å². The number of amides is 2. The molecule has 1 aromatic rings. The predicted molar refractivity (Wildman–Crippen MR) is 81.3 cm³/mol. The van der Waals surface area contributed by atoms with Gasteiger partial charge in [-0.2, -0.15) is 0 Å². The van der Waals surface area contributed by atoms with E-state index in [4.69, 9.17) is 0 Å². The van der Waals surface area contributed by atoms with Crippen molar-refractivity contribution in [1.29, 1.82) is 0 Å². The Hall–Kier alpha value is -1.85. The molecule has 0 atom stereocenters. The maximum absolute atomic E-state index is 12.6. The number of hydrogen-bond acceptors (Lipinski definition) is 4. The topological polar surface area (TPSA) is 52.6 Å². The van der Waals surface area contributed by atoms with E-state index in [-0.39, 0.29) is 6.03 Å². The van der Waals surface area contributed by atoms with Crippen molar-refractivity contribution in [3.8, 4) is 0 Å². The maximum Gasteiger partial charge on any atom is 0.320 e. The third-order valence-corrected chi connectivity index (χ3v) is 4.26. The summed E-state index contributed by atoms with van der Waals surface area (Å²) in [4.78, 5) is 27.3. The van der Waals surface area contributed by atoms with Gasteiger partial charge in [0.25, 0.3) is 0 Å². The van der Waals surface area contributed by atoms with E-state index in [0.29, 0.717) is 0 Å².